The van der Waals surface area contributed by atoms with Gasteiger partial charge in [0, 0.05) is 49.0 Å². The van der Waals surface area contributed by atoms with Gasteiger partial charge in [-0.25, -0.2) is 9.59 Å². The number of primary amides is 1. The van der Waals surface area contributed by atoms with Crippen molar-refractivity contribution in [1.82, 2.24) is 79.8 Å². The summed E-state index contributed by atoms with van der Waals surface area (Å²) in [5.74, 6) is -18.0. The second-order valence-electron chi connectivity index (χ2n) is 22.4. The molecule has 18 amide bonds. The minimum absolute atomic E-state index is 0.00938. The van der Waals surface area contributed by atoms with Gasteiger partial charge in [-0.05, 0) is 36.4 Å². The summed E-state index contributed by atoms with van der Waals surface area (Å²) in [6, 6.07) is -4.71. The highest BCUT2D eigenvalue weighted by Crippen LogP contribution is 2.35. The summed E-state index contributed by atoms with van der Waals surface area (Å²) in [6.45, 7) is -2.27. The molecule has 0 radical (unpaired) electrons. The SMILES string of the molecule is CC(=O)NCSC[C@H](NC(=O)CNC(=O)CNC(=O)[C@H]1CSCC(=O)N[C@@H](Cc2ccc(O)cc2)C(=O)N[C@H](CSCCCN)C(=O)NCC(=O)N[C@H](CC(=O)O)C(=O)N1)C(=O)NCC(=O)N[C@@H](CSCNC(C)=O)C(=O)NCC(=O)NCC(=O)N[C@@H](CSC1CC(=O)[N+]2(COC2)C1=O)C(N)=O. The van der Waals surface area contributed by atoms with Gasteiger partial charge in [-0.2, -0.15) is 16.2 Å². The highest BCUT2D eigenvalue weighted by molar-refractivity contribution is 8.01. The van der Waals surface area contributed by atoms with Crippen LogP contribution in [0.5, 0.6) is 5.75 Å². The van der Waals surface area contributed by atoms with E-state index in [0.29, 0.717) is 24.3 Å². The molecule has 3 heterocycles. The smallest absolute Gasteiger partial charge is 0.338 e. The number of thioether (sulfide) groups is 5. The van der Waals surface area contributed by atoms with Gasteiger partial charge in [0.2, 0.25) is 108 Å². The van der Waals surface area contributed by atoms with Crippen molar-refractivity contribution in [3.63, 3.8) is 0 Å². The fourth-order valence-electron chi connectivity index (χ4n) is 8.82. The molecule has 102 heavy (non-hydrogen) atoms. The van der Waals surface area contributed by atoms with Gasteiger partial charge in [0.25, 0.3) is 0 Å². The zero-order valence-electron chi connectivity index (χ0n) is 55.2. The third kappa shape index (κ3) is 31.1. The van der Waals surface area contributed by atoms with Crippen LogP contribution in [0.3, 0.4) is 0 Å². The zero-order chi connectivity index (χ0) is 75.5. The number of aliphatic carboxylic acids is 1. The quantitative estimate of drug-likeness (QED) is 0.0127. The topological polar surface area (TPSA) is 607 Å². The van der Waals surface area contributed by atoms with Gasteiger partial charge in [0.1, 0.15) is 53.3 Å². The van der Waals surface area contributed by atoms with E-state index in [0.717, 1.165) is 47.0 Å². The first kappa shape index (κ1) is 85.4. The van der Waals surface area contributed by atoms with E-state index in [2.05, 4.69) is 79.8 Å². The van der Waals surface area contributed by atoms with Crippen LogP contribution in [0.2, 0.25) is 0 Å². The molecule has 0 aliphatic carbocycles. The molecule has 3 saturated heterocycles. The van der Waals surface area contributed by atoms with Crippen molar-refractivity contribution in [3.05, 3.63) is 29.8 Å². The summed E-state index contributed by atoms with van der Waals surface area (Å²) in [5, 5.41) is 54.0. The Kier molecular flexibility index (Phi) is 37.2. The van der Waals surface area contributed by atoms with Crippen LogP contribution in [0.25, 0.3) is 0 Å². The molecule has 1 aromatic carbocycles. The van der Waals surface area contributed by atoms with Crippen LogP contribution in [-0.4, -0.2) is 286 Å². The third-order valence-corrected chi connectivity index (χ3v) is 19.5. The standard InChI is InChI=1S/C57H82N18O22S5/c1-29(76)66-25-100-21-36(51(90)62-13-41(79)60-15-43(81)70-35(50(59)89)23-102-40-12-48(86)75(57(40)96)27-97-28-75)72-46(84)18-64-52(91)37(22-101-26-67-30(2)77)71-44(82)16-61-42(80)14-63-54(93)39-20-99-24-47(85)69-33(10-31-4-6-32(78)7-5-31)55(94)73-38(19-98-9-3-8-58)53(92)65-17-45(83)68-34(11-49(87)88)56(95)74-39/h4-7,33-40H,3,8-28,58H2,1-2H3,(H18-,59,60,61,62,63,64,65,66,67,68,69,70,71,72,73,74,76,77,78,79,80,81,82,83,84,85,87,88,89,90,91,92,93,94,95)/p+1/t33-,34+,35-,36-,37-,38+,39+,40?/m0/s1. The number of carboxylic acids is 1. The molecule has 1 unspecified atom stereocenters. The second-order valence-corrected chi connectivity index (χ2v) is 27.9. The summed E-state index contributed by atoms with van der Waals surface area (Å²) in [5.41, 5.74) is 11.5. The second kappa shape index (κ2) is 44.4. The Hall–Kier alpha value is -9.02. The van der Waals surface area contributed by atoms with Crippen LogP contribution in [0.4, 0.5) is 0 Å². The number of ether oxygens (including phenoxy) is 1. The predicted octanol–water partition coefficient (Wildman–Crippen LogP) is -10.2. The van der Waals surface area contributed by atoms with E-state index in [-0.39, 0.29) is 72.7 Å². The number of rotatable bonds is 37. The summed E-state index contributed by atoms with van der Waals surface area (Å²) in [7, 11) is 0. The van der Waals surface area contributed by atoms with Gasteiger partial charge in [0.05, 0.1) is 69.6 Å². The van der Waals surface area contributed by atoms with Crippen LogP contribution in [0.15, 0.2) is 24.3 Å². The number of benzene rings is 1. The normalized spacial score (nSPS) is 19.4. The van der Waals surface area contributed by atoms with E-state index < -0.39 is 216 Å². The molecular weight excluding hydrogens is 1450 g/mol. The van der Waals surface area contributed by atoms with Crippen molar-refractivity contribution >= 4 is 171 Å². The maximum Gasteiger partial charge on any atom is 0.338 e. The molecule has 21 N–H and O–H groups in total. The number of carbonyl (C=O) groups excluding carboxylic acids is 18. The predicted molar refractivity (Wildman–Crippen MR) is 367 cm³/mol. The number of quaternary nitrogens is 1. The molecule has 45 heteroatoms. The zero-order valence-corrected chi connectivity index (χ0v) is 59.3. The number of carbonyl (C=O) groups is 19. The molecule has 3 aliphatic rings. The molecule has 0 bridgehead atoms. The van der Waals surface area contributed by atoms with Gasteiger partial charge < -0.3 is 101 Å². The molecule has 3 aliphatic heterocycles. The number of aromatic hydroxyl groups is 1. The largest absolute Gasteiger partial charge is 0.508 e. The number of carboxylic acid groups (broad SMARTS) is 1. The van der Waals surface area contributed by atoms with Crippen molar-refractivity contribution in [2.24, 2.45) is 11.5 Å². The number of nitrogens with one attached hydrogen (secondary N) is 15. The molecule has 562 valence electrons. The Morgan fingerprint density at radius 2 is 1.16 bits per heavy atom. The van der Waals surface area contributed by atoms with Gasteiger partial charge in [0.15, 0.2) is 0 Å². The number of nitrogens with two attached hydrogens (primary N) is 2. The highest BCUT2D eigenvalue weighted by atomic mass is 32.2. The fourth-order valence-corrected chi connectivity index (χ4v) is 13.7. The third-order valence-electron chi connectivity index (χ3n) is 14.2. The van der Waals surface area contributed by atoms with Gasteiger partial charge >= 0.3 is 17.8 Å². The molecular formula is C57H83N18O22S5+. The Balaban J connectivity index is 1.36. The number of phenols is 1. The number of hydrogen-bond donors (Lipinski definition) is 19. The van der Waals surface area contributed by atoms with E-state index in [1.807, 2.05) is 0 Å². The number of imide groups is 1. The first-order valence-electron chi connectivity index (χ1n) is 31.0. The number of nitrogens with zero attached hydrogens (tertiary/aromatic N) is 1. The van der Waals surface area contributed by atoms with Crippen LogP contribution in [-0.2, 0) is 102 Å². The Bertz CT molecular complexity index is 3270. The van der Waals surface area contributed by atoms with Crippen molar-refractivity contribution in [2.45, 2.75) is 87.1 Å². The molecule has 3 fully saturated rings. The molecule has 0 saturated carbocycles. The van der Waals surface area contributed by atoms with E-state index >= 15 is 0 Å². The Morgan fingerprint density at radius 1 is 0.627 bits per heavy atom. The van der Waals surface area contributed by atoms with Gasteiger partial charge in [-0.15, -0.1) is 47.0 Å². The van der Waals surface area contributed by atoms with E-state index in [1.54, 1.807) is 0 Å². The van der Waals surface area contributed by atoms with Crippen LogP contribution >= 0.6 is 58.8 Å². The van der Waals surface area contributed by atoms with Crippen LogP contribution in [0, 0.1) is 0 Å². The molecule has 0 aromatic heterocycles. The van der Waals surface area contributed by atoms with Crippen molar-refractivity contribution < 1.29 is 111 Å². The Labute approximate surface area is 603 Å². The summed E-state index contributed by atoms with van der Waals surface area (Å²) in [6.07, 6.45) is -0.726. The lowest BCUT2D eigenvalue weighted by Gasteiger charge is -2.35. The molecule has 4 rings (SSSR count). The van der Waals surface area contributed by atoms with Crippen molar-refractivity contribution in [3.8, 4) is 5.75 Å². The Morgan fingerprint density at radius 3 is 1.68 bits per heavy atom. The minimum Gasteiger partial charge on any atom is -0.508 e. The number of hydrogen-bond acceptors (Lipinski definition) is 27. The maximum atomic E-state index is 13.9. The molecule has 40 nitrogen and oxygen atoms in total. The average molecular weight is 1530 g/mol. The van der Waals surface area contributed by atoms with Crippen LogP contribution in [0.1, 0.15) is 38.7 Å². The summed E-state index contributed by atoms with van der Waals surface area (Å²) in [4.78, 5) is 246. The van der Waals surface area contributed by atoms with Crippen molar-refractivity contribution in [2.75, 3.05) is 111 Å². The lowest BCUT2D eigenvalue weighted by atomic mass is 10.0. The number of phenolic OH excluding ortho intramolecular Hbond substituents is 1. The fraction of sp³-hybridized carbons (Fsp3) is 0.561. The molecule has 8 atom stereocenters. The lowest BCUT2D eigenvalue weighted by Crippen LogP contribution is -2.63. The lowest BCUT2D eigenvalue weighted by molar-refractivity contribution is -0.890. The highest BCUT2D eigenvalue weighted by Gasteiger charge is 2.60. The monoisotopic (exact) mass is 1530 g/mol. The van der Waals surface area contributed by atoms with Gasteiger partial charge in [-0.3, -0.25) is 86.2 Å². The minimum atomic E-state index is -1.86. The van der Waals surface area contributed by atoms with Crippen molar-refractivity contribution in [1.29, 1.82) is 0 Å². The summed E-state index contributed by atoms with van der Waals surface area (Å²) >= 11 is 4.85. The van der Waals surface area contributed by atoms with Crippen LogP contribution < -0.4 is 91.2 Å². The van der Waals surface area contributed by atoms with E-state index in [4.69, 9.17) is 16.2 Å². The first-order valence-corrected chi connectivity index (χ1v) is 36.7. The molecule has 1 spiro atoms. The summed E-state index contributed by atoms with van der Waals surface area (Å²) < 4.78 is 4.58. The number of amides is 18. The maximum absolute atomic E-state index is 13.9. The van der Waals surface area contributed by atoms with Gasteiger partial charge in [-0.1, -0.05) is 12.1 Å². The molecule has 1 aromatic rings. The van der Waals surface area contributed by atoms with E-state index in [9.17, 15) is 101 Å². The van der Waals surface area contributed by atoms with E-state index in [1.165, 1.54) is 49.9 Å². The average Bonchev–Trinajstić information content (AvgIpc) is 1.59. The first-order chi connectivity index (χ1) is 48.4.